The highest BCUT2D eigenvalue weighted by atomic mass is 32.2. The summed E-state index contributed by atoms with van der Waals surface area (Å²) < 4.78 is 2.08. The van der Waals surface area contributed by atoms with E-state index in [1.54, 1.807) is 11.3 Å². The number of benzene rings is 2. The minimum absolute atomic E-state index is 0.116. The summed E-state index contributed by atoms with van der Waals surface area (Å²) in [6, 6.07) is 20.4. The number of thioether (sulfide) groups is 1. The van der Waals surface area contributed by atoms with Crippen LogP contribution in [-0.2, 0) is 17.6 Å². The van der Waals surface area contributed by atoms with Gasteiger partial charge in [0.2, 0.25) is 5.91 Å². The average Bonchev–Trinajstić information content (AvgIpc) is 3.26. The van der Waals surface area contributed by atoms with E-state index < -0.39 is 0 Å². The molecule has 1 amide bonds. The molecule has 5 nitrogen and oxygen atoms in total. The van der Waals surface area contributed by atoms with Crippen LogP contribution in [0, 0.1) is 11.3 Å². The van der Waals surface area contributed by atoms with Gasteiger partial charge in [0.15, 0.2) is 5.16 Å². The average molecular weight is 459 g/mol. The highest BCUT2D eigenvalue weighted by molar-refractivity contribution is 7.99. The smallest absolute Gasteiger partial charge is 0.235 e. The van der Waals surface area contributed by atoms with E-state index in [9.17, 15) is 10.1 Å². The van der Waals surface area contributed by atoms with Gasteiger partial charge in [-0.15, -0.1) is 11.3 Å². The summed E-state index contributed by atoms with van der Waals surface area (Å²) >= 11 is 2.98. The van der Waals surface area contributed by atoms with Gasteiger partial charge in [-0.2, -0.15) is 5.26 Å². The number of carbonyl (C=O) groups is 1. The number of aromatic nitrogens is 2. The molecule has 1 N–H and O–H groups in total. The maximum atomic E-state index is 12.8. The highest BCUT2D eigenvalue weighted by Crippen LogP contribution is 2.37. The quantitative estimate of drug-likeness (QED) is 0.296. The van der Waals surface area contributed by atoms with Crippen molar-refractivity contribution in [1.82, 2.24) is 9.55 Å². The number of imidazole rings is 1. The highest BCUT2D eigenvalue weighted by Gasteiger charge is 2.21. The molecule has 1 aliphatic rings. The molecule has 2 aromatic heterocycles. The fourth-order valence-electron chi connectivity index (χ4n) is 4.17. The molecule has 2 heterocycles. The number of amides is 1. The summed E-state index contributed by atoms with van der Waals surface area (Å²) in [6.45, 7) is 0. The standard InChI is InChI=1S/C25H22N4OS2/c26-15-19-18-11-5-2-6-14-22(18)32-24(19)28-23(30)16-31-25-27-20-12-7-8-13-21(20)29(25)17-9-3-1-4-10-17/h1,3-4,7-10,12-13H,2,5-6,11,14,16H2,(H,28,30). The van der Waals surface area contributed by atoms with Gasteiger partial charge in [-0.25, -0.2) is 4.98 Å². The van der Waals surface area contributed by atoms with Gasteiger partial charge in [0.1, 0.15) is 11.1 Å². The fourth-order valence-corrected chi connectivity index (χ4v) is 6.25. The molecule has 32 heavy (non-hydrogen) atoms. The van der Waals surface area contributed by atoms with E-state index in [4.69, 9.17) is 4.98 Å². The van der Waals surface area contributed by atoms with E-state index in [1.165, 1.54) is 23.1 Å². The molecule has 160 valence electrons. The number of carbonyl (C=O) groups excluding carboxylic acids is 1. The lowest BCUT2D eigenvalue weighted by atomic mass is 10.1. The van der Waals surface area contributed by atoms with Gasteiger partial charge in [-0.3, -0.25) is 9.36 Å². The molecule has 0 unspecified atom stereocenters. The number of fused-ring (bicyclic) bond motifs is 2. The molecule has 4 aromatic rings. The minimum Gasteiger partial charge on any atom is -0.316 e. The lowest BCUT2D eigenvalue weighted by molar-refractivity contribution is -0.113. The summed E-state index contributed by atoms with van der Waals surface area (Å²) in [7, 11) is 0. The van der Waals surface area contributed by atoms with Crippen LogP contribution < -0.4 is 5.32 Å². The van der Waals surface area contributed by atoms with Crippen molar-refractivity contribution in [3.05, 3.63) is 70.6 Å². The van der Waals surface area contributed by atoms with Crippen molar-refractivity contribution < 1.29 is 4.79 Å². The Morgan fingerprint density at radius 1 is 1.09 bits per heavy atom. The molecule has 0 spiro atoms. The zero-order valence-electron chi connectivity index (χ0n) is 17.5. The maximum absolute atomic E-state index is 12.8. The van der Waals surface area contributed by atoms with Gasteiger partial charge in [0, 0.05) is 10.6 Å². The Bertz CT molecular complexity index is 1320. The van der Waals surface area contributed by atoms with Crippen LogP contribution in [0.25, 0.3) is 16.7 Å². The monoisotopic (exact) mass is 458 g/mol. The Hall–Kier alpha value is -3.08. The molecule has 0 radical (unpaired) electrons. The summed E-state index contributed by atoms with van der Waals surface area (Å²) in [6.07, 6.45) is 5.39. The van der Waals surface area contributed by atoms with E-state index in [-0.39, 0.29) is 11.7 Å². The maximum Gasteiger partial charge on any atom is 0.235 e. The third-order valence-corrected chi connectivity index (χ3v) is 7.81. The number of hydrogen-bond acceptors (Lipinski definition) is 5. The zero-order chi connectivity index (χ0) is 21.9. The number of nitriles is 1. The van der Waals surface area contributed by atoms with E-state index in [0.717, 1.165) is 53.1 Å². The third-order valence-electron chi connectivity index (χ3n) is 5.66. The van der Waals surface area contributed by atoms with Crippen LogP contribution >= 0.6 is 23.1 Å². The number of para-hydroxylation sites is 3. The van der Waals surface area contributed by atoms with Crippen LogP contribution in [0.3, 0.4) is 0 Å². The minimum atomic E-state index is -0.116. The largest absolute Gasteiger partial charge is 0.316 e. The molecule has 0 atom stereocenters. The molecule has 7 heteroatoms. The van der Waals surface area contributed by atoms with Gasteiger partial charge >= 0.3 is 0 Å². The molecular formula is C25H22N4OS2. The van der Waals surface area contributed by atoms with E-state index in [0.29, 0.717) is 10.6 Å². The number of rotatable bonds is 5. The number of nitrogens with zero attached hydrogens (tertiary/aromatic N) is 3. The number of thiophene rings is 1. The molecule has 0 aliphatic heterocycles. The number of nitrogens with one attached hydrogen (secondary N) is 1. The van der Waals surface area contributed by atoms with Crippen LogP contribution in [-0.4, -0.2) is 21.2 Å². The summed E-state index contributed by atoms with van der Waals surface area (Å²) in [4.78, 5) is 18.8. The first-order chi connectivity index (χ1) is 15.7. The van der Waals surface area contributed by atoms with Crippen LogP contribution in [0.4, 0.5) is 5.00 Å². The van der Waals surface area contributed by atoms with Gasteiger partial charge in [0.05, 0.1) is 22.3 Å². The molecular weight excluding hydrogens is 436 g/mol. The van der Waals surface area contributed by atoms with Crippen molar-refractivity contribution in [3.8, 4) is 11.8 Å². The van der Waals surface area contributed by atoms with E-state index in [1.807, 2.05) is 54.6 Å². The first-order valence-corrected chi connectivity index (χ1v) is 12.5. The SMILES string of the molecule is N#Cc1c(NC(=O)CSc2nc3ccccc3n2-c2ccccc2)sc2c1CCCCC2. The van der Waals surface area contributed by atoms with Crippen molar-refractivity contribution in [2.45, 2.75) is 37.3 Å². The van der Waals surface area contributed by atoms with Gasteiger partial charge in [0.25, 0.3) is 0 Å². The van der Waals surface area contributed by atoms with Gasteiger partial charge < -0.3 is 5.32 Å². The molecule has 0 saturated carbocycles. The first-order valence-electron chi connectivity index (χ1n) is 10.7. The molecule has 1 aliphatic carbocycles. The van der Waals surface area contributed by atoms with Crippen molar-refractivity contribution >= 4 is 45.0 Å². The number of aryl methyl sites for hydroxylation is 1. The van der Waals surface area contributed by atoms with E-state index >= 15 is 0 Å². The molecule has 2 aromatic carbocycles. The van der Waals surface area contributed by atoms with Crippen LogP contribution in [0.5, 0.6) is 0 Å². The topological polar surface area (TPSA) is 70.7 Å². The van der Waals surface area contributed by atoms with Crippen LogP contribution in [0.2, 0.25) is 0 Å². The Balaban J connectivity index is 1.37. The fraction of sp³-hybridized carbons (Fsp3) is 0.240. The number of anilines is 1. The number of hydrogen-bond donors (Lipinski definition) is 1. The summed E-state index contributed by atoms with van der Waals surface area (Å²) in [5.41, 5.74) is 4.71. The lowest BCUT2D eigenvalue weighted by Crippen LogP contribution is -2.14. The molecule has 5 rings (SSSR count). The second-order valence-electron chi connectivity index (χ2n) is 7.77. The predicted molar refractivity (Wildman–Crippen MR) is 131 cm³/mol. The Morgan fingerprint density at radius 3 is 2.72 bits per heavy atom. The van der Waals surface area contributed by atoms with Crippen molar-refractivity contribution in [3.63, 3.8) is 0 Å². The third kappa shape index (κ3) is 4.04. The van der Waals surface area contributed by atoms with E-state index in [2.05, 4.69) is 16.0 Å². The molecule has 0 fully saturated rings. The molecule has 0 saturated heterocycles. The van der Waals surface area contributed by atoms with Gasteiger partial charge in [-0.1, -0.05) is 48.5 Å². The second kappa shape index (κ2) is 9.19. The zero-order valence-corrected chi connectivity index (χ0v) is 19.1. The van der Waals surface area contributed by atoms with Crippen molar-refractivity contribution in [2.24, 2.45) is 0 Å². The summed E-state index contributed by atoms with van der Waals surface area (Å²) in [5.74, 6) is 0.110. The Morgan fingerprint density at radius 2 is 1.88 bits per heavy atom. The lowest BCUT2D eigenvalue weighted by Gasteiger charge is -2.09. The molecule has 0 bridgehead atoms. The van der Waals surface area contributed by atoms with Gasteiger partial charge in [-0.05, 0) is 55.5 Å². The first kappa shape index (κ1) is 20.8. The predicted octanol–water partition coefficient (Wildman–Crippen LogP) is 5.96. The normalized spacial score (nSPS) is 13.3. The van der Waals surface area contributed by atoms with Crippen molar-refractivity contribution in [1.29, 1.82) is 5.26 Å². The van der Waals surface area contributed by atoms with Crippen molar-refractivity contribution in [2.75, 3.05) is 11.1 Å². The Labute approximate surface area is 195 Å². The van der Waals surface area contributed by atoms with Crippen LogP contribution in [0.1, 0.15) is 35.3 Å². The van der Waals surface area contributed by atoms with Crippen LogP contribution in [0.15, 0.2) is 59.8 Å². The Kier molecular flexibility index (Phi) is 5.97. The summed E-state index contributed by atoms with van der Waals surface area (Å²) in [5, 5.41) is 14.2. The second-order valence-corrected chi connectivity index (χ2v) is 9.82.